The van der Waals surface area contributed by atoms with Crippen LogP contribution in [-0.4, -0.2) is 4.57 Å². The smallest absolute Gasteiger partial charge is 0.0580 e. The molecule has 3 aliphatic rings. The van der Waals surface area contributed by atoms with E-state index in [1.165, 1.54) is 83.1 Å². The molecular formula is C33H21N. The third-order valence-corrected chi connectivity index (χ3v) is 8.43. The Balaban J connectivity index is 1.55. The molecule has 5 aromatic carbocycles. The quantitative estimate of drug-likeness (QED) is 0.231. The minimum absolute atomic E-state index is 0.997. The molecule has 6 aromatic rings. The highest BCUT2D eigenvalue weighted by atomic mass is 15.0. The zero-order valence-electron chi connectivity index (χ0n) is 18.7. The van der Waals surface area contributed by atoms with E-state index in [1.807, 2.05) is 0 Å². The van der Waals surface area contributed by atoms with Crippen LogP contribution in [0.5, 0.6) is 0 Å². The number of benzene rings is 5. The van der Waals surface area contributed by atoms with Crippen molar-refractivity contribution in [2.24, 2.45) is 0 Å². The van der Waals surface area contributed by atoms with E-state index >= 15 is 0 Å². The van der Waals surface area contributed by atoms with E-state index in [2.05, 4.69) is 95.6 Å². The SMILES string of the molecule is c1ccc2c(c1)Cc1c-2cc2c3c1c1c4c(ccc1n3-c1ccccc1C2)Cc1ccccc1-4. The van der Waals surface area contributed by atoms with Gasteiger partial charge < -0.3 is 4.57 Å². The zero-order valence-corrected chi connectivity index (χ0v) is 18.7. The first-order valence-corrected chi connectivity index (χ1v) is 12.3. The van der Waals surface area contributed by atoms with Gasteiger partial charge in [-0.3, -0.25) is 0 Å². The van der Waals surface area contributed by atoms with Crippen molar-refractivity contribution in [3.05, 3.63) is 124 Å². The van der Waals surface area contributed by atoms with Gasteiger partial charge in [0.1, 0.15) is 0 Å². The van der Waals surface area contributed by atoms with Crippen LogP contribution in [0.25, 0.3) is 49.7 Å². The maximum atomic E-state index is 2.57. The van der Waals surface area contributed by atoms with Crippen LogP contribution in [0.4, 0.5) is 0 Å². The Labute approximate surface area is 197 Å². The molecule has 1 nitrogen and oxygen atoms in total. The lowest BCUT2D eigenvalue weighted by atomic mass is 9.90. The van der Waals surface area contributed by atoms with Crippen molar-refractivity contribution >= 4 is 21.8 Å². The molecule has 1 aliphatic heterocycles. The molecule has 0 atom stereocenters. The highest BCUT2D eigenvalue weighted by Crippen LogP contribution is 2.52. The van der Waals surface area contributed by atoms with Crippen molar-refractivity contribution in [3.8, 4) is 27.9 Å². The Hall–Kier alpha value is -4.10. The van der Waals surface area contributed by atoms with Crippen molar-refractivity contribution in [3.63, 3.8) is 0 Å². The van der Waals surface area contributed by atoms with Crippen LogP contribution < -0.4 is 0 Å². The van der Waals surface area contributed by atoms with Gasteiger partial charge in [0.2, 0.25) is 0 Å². The Morgan fingerprint density at radius 1 is 0.500 bits per heavy atom. The lowest BCUT2D eigenvalue weighted by molar-refractivity contribution is 1.04. The first-order chi connectivity index (χ1) is 16.9. The fraction of sp³-hybridized carbons (Fsp3) is 0.0909. The molecule has 0 spiro atoms. The van der Waals surface area contributed by atoms with E-state index in [0.717, 1.165) is 19.3 Å². The minimum Gasteiger partial charge on any atom is -0.309 e. The average Bonchev–Trinajstić information content (AvgIpc) is 3.54. The van der Waals surface area contributed by atoms with Gasteiger partial charge in [0.15, 0.2) is 0 Å². The monoisotopic (exact) mass is 431 g/mol. The standard InChI is InChI=1S/C33H21N/c1-4-10-24-20(8-1)17-27-26(24)18-23-16-21-9-3-6-12-28(21)34-29-14-13-22-15-19-7-2-5-11-25(19)30(22)32(29)31(27)33(23)34/h1-14,18H,15-17H2. The second kappa shape index (κ2) is 5.87. The summed E-state index contributed by atoms with van der Waals surface area (Å²) in [5, 5.41) is 2.95. The van der Waals surface area contributed by atoms with Crippen molar-refractivity contribution in [1.29, 1.82) is 0 Å². The van der Waals surface area contributed by atoms with E-state index in [4.69, 9.17) is 0 Å². The molecule has 0 radical (unpaired) electrons. The number of hydrogen-bond donors (Lipinski definition) is 0. The van der Waals surface area contributed by atoms with Crippen LogP contribution in [0.15, 0.2) is 91.0 Å². The molecule has 0 bridgehead atoms. The fourth-order valence-electron chi connectivity index (χ4n) is 7.09. The molecule has 1 aromatic heterocycles. The second-order valence-corrected chi connectivity index (χ2v) is 10.1. The molecule has 0 saturated heterocycles. The van der Waals surface area contributed by atoms with Crippen LogP contribution in [0, 0.1) is 0 Å². The van der Waals surface area contributed by atoms with Crippen LogP contribution in [0.2, 0.25) is 0 Å². The molecule has 0 amide bonds. The number of fused-ring (bicyclic) bond motifs is 13. The number of nitrogens with zero attached hydrogens (tertiary/aromatic N) is 1. The molecular weight excluding hydrogens is 410 g/mol. The Morgan fingerprint density at radius 3 is 2.09 bits per heavy atom. The summed E-state index contributed by atoms with van der Waals surface area (Å²) in [7, 11) is 0. The normalized spacial score (nSPS) is 14.1. The minimum atomic E-state index is 0.997. The predicted molar refractivity (Wildman–Crippen MR) is 140 cm³/mol. The highest BCUT2D eigenvalue weighted by molar-refractivity contribution is 6.21. The summed E-state index contributed by atoms with van der Waals surface area (Å²) in [6, 6.07) is 34.3. The van der Waals surface area contributed by atoms with Gasteiger partial charge in [0.05, 0.1) is 11.0 Å². The molecule has 34 heavy (non-hydrogen) atoms. The summed E-state index contributed by atoms with van der Waals surface area (Å²) in [5.74, 6) is 0. The fourth-order valence-corrected chi connectivity index (χ4v) is 7.09. The third kappa shape index (κ3) is 1.94. The van der Waals surface area contributed by atoms with Crippen molar-refractivity contribution in [2.45, 2.75) is 19.3 Å². The molecule has 0 N–H and O–H groups in total. The zero-order chi connectivity index (χ0) is 22.0. The molecule has 0 saturated carbocycles. The van der Waals surface area contributed by atoms with Gasteiger partial charge in [-0.25, -0.2) is 0 Å². The lowest BCUT2D eigenvalue weighted by Crippen LogP contribution is -2.08. The molecule has 158 valence electrons. The van der Waals surface area contributed by atoms with Crippen LogP contribution in [-0.2, 0) is 19.3 Å². The first kappa shape index (κ1) is 17.4. The van der Waals surface area contributed by atoms with Gasteiger partial charge in [0, 0.05) is 22.9 Å². The van der Waals surface area contributed by atoms with E-state index in [1.54, 1.807) is 0 Å². The van der Waals surface area contributed by atoms with Crippen LogP contribution in [0.1, 0.15) is 33.4 Å². The summed E-state index contributed by atoms with van der Waals surface area (Å²) < 4.78 is 2.57. The first-order valence-electron chi connectivity index (χ1n) is 12.3. The average molecular weight is 432 g/mol. The summed E-state index contributed by atoms with van der Waals surface area (Å²) >= 11 is 0. The maximum absolute atomic E-state index is 2.57. The van der Waals surface area contributed by atoms with Crippen molar-refractivity contribution in [2.75, 3.05) is 0 Å². The highest BCUT2D eigenvalue weighted by Gasteiger charge is 2.32. The summed E-state index contributed by atoms with van der Waals surface area (Å²) in [6.45, 7) is 0. The van der Waals surface area contributed by atoms with E-state index in [9.17, 15) is 0 Å². The van der Waals surface area contributed by atoms with Gasteiger partial charge in [-0.15, -0.1) is 0 Å². The number of aromatic nitrogens is 1. The molecule has 2 heterocycles. The summed E-state index contributed by atoms with van der Waals surface area (Å²) in [4.78, 5) is 0. The van der Waals surface area contributed by atoms with Gasteiger partial charge in [-0.2, -0.15) is 0 Å². The van der Waals surface area contributed by atoms with Crippen molar-refractivity contribution < 1.29 is 0 Å². The summed E-state index contributed by atoms with van der Waals surface area (Å²) in [6.07, 6.45) is 3.05. The molecule has 9 rings (SSSR count). The number of para-hydroxylation sites is 1. The molecule has 0 unspecified atom stereocenters. The Kier molecular flexibility index (Phi) is 3.00. The predicted octanol–water partition coefficient (Wildman–Crippen LogP) is 7.83. The lowest BCUT2D eigenvalue weighted by Gasteiger charge is -2.21. The Bertz CT molecular complexity index is 1880. The van der Waals surface area contributed by atoms with Crippen LogP contribution in [0.3, 0.4) is 0 Å². The van der Waals surface area contributed by atoms with Gasteiger partial charge in [-0.1, -0.05) is 72.8 Å². The third-order valence-electron chi connectivity index (χ3n) is 8.43. The van der Waals surface area contributed by atoms with Gasteiger partial charge in [-0.05, 0) is 86.7 Å². The molecule has 0 fully saturated rings. The van der Waals surface area contributed by atoms with E-state index in [-0.39, 0.29) is 0 Å². The second-order valence-electron chi connectivity index (χ2n) is 10.1. The van der Waals surface area contributed by atoms with Crippen molar-refractivity contribution in [1.82, 2.24) is 4.57 Å². The number of hydrogen-bond acceptors (Lipinski definition) is 0. The Morgan fingerprint density at radius 2 is 1.21 bits per heavy atom. The molecule has 2 aliphatic carbocycles. The molecule has 1 heteroatoms. The topological polar surface area (TPSA) is 4.93 Å². The number of rotatable bonds is 0. The van der Waals surface area contributed by atoms with Crippen LogP contribution >= 0.6 is 0 Å². The van der Waals surface area contributed by atoms with E-state index < -0.39 is 0 Å². The largest absolute Gasteiger partial charge is 0.309 e. The van der Waals surface area contributed by atoms with E-state index in [0.29, 0.717) is 0 Å². The van der Waals surface area contributed by atoms with Gasteiger partial charge >= 0.3 is 0 Å². The maximum Gasteiger partial charge on any atom is 0.0580 e. The summed E-state index contributed by atoms with van der Waals surface area (Å²) in [5.41, 5.74) is 18.6. The van der Waals surface area contributed by atoms with Gasteiger partial charge in [0.25, 0.3) is 0 Å².